The van der Waals surface area contributed by atoms with E-state index in [0.717, 1.165) is 10.5 Å². The zero-order valence-electron chi connectivity index (χ0n) is 14.4. The summed E-state index contributed by atoms with van der Waals surface area (Å²) in [6.45, 7) is 0.00329. The lowest BCUT2D eigenvalue weighted by Crippen LogP contribution is -2.45. The number of ketones is 1. The second-order valence-electron chi connectivity index (χ2n) is 6.57. The molecule has 0 saturated carbocycles. The highest BCUT2D eigenvalue weighted by Gasteiger charge is 2.43. The van der Waals surface area contributed by atoms with E-state index in [1.54, 1.807) is 24.3 Å². The number of hydrogen-bond acceptors (Lipinski definition) is 2. The third kappa shape index (κ3) is 4.37. The van der Waals surface area contributed by atoms with Crippen molar-refractivity contribution in [3.8, 4) is 0 Å². The Balaban J connectivity index is 1.59. The quantitative estimate of drug-likeness (QED) is 0.597. The molecule has 1 fully saturated rings. The predicted molar refractivity (Wildman–Crippen MR) is 89.8 cm³/mol. The van der Waals surface area contributed by atoms with Gasteiger partial charge in [0.1, 0.15) is 0 Å². The van der Waals surface area contributed by atoms with Crippen molar-refractivity contribution < 1.29 is 27.2 Å². The molecular weight excluding hydrogens is 364 g/mol. The molecule has 8 heteroatoms. The Morgan fingerprint density at radius 1 is 1.04 bits per heavy atom. The summed E-state index contributed by atoms with van der Waals surface area (Å²) in [7, 11) is 0. The zero-order chi connectivity index (χ0) is 19.6. The van der Waals surface area contributed by atoms with E-state index in [1.807, 2.05) is 0 Å². The summed E-state index contributed by atoms with van der Waals surface area (Å²) in [6.07, 6.45) is -2.49. The number of halogens is 4. The van der Waals surface area contributed by atoms with E-state index < -0.39 is 18.0 Å². The standard InChI is InChI=1S/C19H18F4N2O2/c20-17-2-1-9-25(17)12-16(26)15-5-3-13(4-6-15)14-7-10-24(11-8-14)18(27)19(21,22)23/h1-6,9,14H,7-8,10-12H2. The Hall–Kier alpha value is -2.64. The number of carbonyl (C=O) groups is 2. The number of likely N-dealkylation sites (tertiary alicyclic amines) is 1. The normalized spacial score (nSPS) is 15.8. The molecule has 0 bridgehead atoms. The smallest absolute Gasteiger partial charge is 0.335 e. The first kappa shape index (κ1) is 19.1. The summed E-state index contributed by atoms with van der Waals surface area (Å²) >= 11 is 0. The summed E-state index contributed by atoms with van der Waals surface area (Å²) in [5.41, 5.74) is 1.36. The van der Waals surface area contributed by atoms with Crippen molar-refractivity contribution in [2.45, 2.75) is 31.5 Å². The summed E-state index contributed by atoms with van der Waals surface area (Å²) in [6, 6.07) is 9.61. The largest absolute Gasteiger partial charge is 0.471 e. The molecule has 2 aromatic rings. The van der Waals surface area contributed by atoms with E-state index in [4.69, 9.17) is 0 Å². The molecule has 0 spiro atoms. The number of nitrogens with zero attached hydrogens (tertiary/aromatic N) is 2. The van der Waals surface area contributed by atoms with Gasteiger partial charge >= 0.3 is 12.1 Å². The maximum atomic E-state index is 13.4. The second-order valence-corrected chi connectivity index (χ2v) is 6.57. The van der Waals surface area contributed by atoms with Gasteiger partial charge in [0.2, 0.25) is 0 Å². The third-order valence-corrected chi connectivity index (χ3v) is 4.82. The molecule has 1 aliphatic rings. The van der Waals surface area contributed by atoms with Crippen LogP contribution in [0.4, 0.5) is 17.6 Å². The lowest BCUT2D eigenvalue weighted by molar-refractivity contribution is -0.186. The molecule has 0 aliphatic carbocycles. The van der Waals surface area contributed by atoms with Crippen molar-refractivity contribution in [1.29, 1.82) is 0 Å². The van der Waals surface area contributed by atoms with E-state index in [2.05, 4.69) is 0 Å². The number of piperidine rings is 1. The Morgan fingerprint density at radius 2 is 1.67 bits per heavy atom. The fourth-order valence-corrected chi connectivity index (χ4v) is 3.30. The van der Waals surface area contributed by atoms with Crippen molar-refractivity contribution in [3.63, 3.8) is 0 Å². The first-order chi connectivity index (χ1) is 12.8. The first-order valence-electron chi connectivity index (χ1n) is 8.55. The van der Waals surface area contributed by atoms with Gasteiger partial charge in [-0.1, -0.05) is 24.3 Å². The highest BCUT2D eigenvalue weighted by atomic mass is 19.4. The van der Waals surface area contributed by atoms with E-state index >= 15 is 0 Å². The molecule has 1 aliphatic heterocycles. The molecule has 0 N–H and O–H groups in total. The van der Waals surface area contributed by atoms with Crippen LogP contribution in [0.2, 0.25) is 0 Å². The third-order valence-electron chi connectivity index (χ3n) is 4.82. The van der Waals surface area contributed by atoms with Crippen LogP contribution < -0.4 is 0 Å². The minimum atomic E-state index is -4.84. The molecule has 27 heavy (non-hydrogen) atoms. The number of hydrogen-bond donors (Lipinski definition) is 0. The molecule has 4 nitrogen and oxygen atoms in total. The molecule has 1 aromatic heterocycles. The molecule has 0 radical (unpaired) electrons. The molecule has 2 heterocycles. The fourth-order valence-electron chi connectivity index (χ4n) is 3.30. The monoisotopic (exact) mass is 382 g/mol. The summed E-state index contributed by atoms with van der Waals surface area (Å²) < 4.78 is 52.1. The zero-order valence-corrected chi connectivity index (χ0v) is 14.4. The molecule has 3 rings (SSSR count). The van der Waals surface area contributed by atoms with Crippen molar-refractivity contribution in [1.82, 2.24) is 9.47 Å². The number of alkyl halides is 3. The van der Waals surface area contributed by atoms with Crippen LogP contribution in [0.1, 0.15) is 34.7 Å². The van der Waals surface area contributed by atoms with Gasteiger partial charge in [-0.3, -0.25) is 9.59 Å². The number of amides is 1. The number of benzene rings is 1. The lowest BCUT2D eigenvalue weighted by Gasteiger charge is -2.32. The van der Waals surface area contributed by atoms with Gasteiger partial charge < -0.3 is 9.47 Å². The predicted octanol–water partition coefficient (Wildman–Crippen LogP) is 3.78. The Labute approximate surface area is 153 Å². The Bertz CT molecular complexity index is 819. The van der Waals surface area contributed by atoms with Crippen molar-refractivity contribution in [3.05, 3.63) is 59.7 Å². The number of Topliss-reactive ketones (excluding diaryl/α,β-unsaturated/α-hetero) is 1. The summed E-state index contributed by atoms with van der Waals surface area (Å²) in [4.78, 5) is 24.3. The average Bonchev–Trinajstić information content (AvgIpc) is 3.05. The van der Waals surface area contributed by atoms with Crippen LogP contribution in [0, 0.1) is 5.95 Å². The van der Waals surface area contributed by atoms with Gasteiger partial charge in [0.05, 0.1) is 6.54 Å². The number of carbonyl (C=O) groups excluding carboxylic acids is 2. The highest BCUT2D eigenvalue weighted by Crippen LogP contribution is 2.30. The maximum Gasteiger partial charge on any atom is 0.471 e. The summed E-state index contributed by atoms with van der Waals surface area (Å²) in [5.74, 6) is -2.48. The maximum absolute atomic E-state index is 13.4. The SMILES string of the molecule is O=C(Cn1cccc1F)c1ccc(C2CCN(C(=O)C(F)(F)F)CC2)cc1. The highest BCUT2D eigenvalue weighted by molar-refractivity contribution is 5.95. The van der Waals surface area contributed by atoms with Crippen LogP contribution in [0.25, 0.3) is 0 Å². The van der Waals surface area contributed by atoms with Crippen molar-refractivity contribution >= 4 is 11.7 Å². The van der Waals surface area contributed by atoms with E-state index in [9.17, 15) is 27.2 Å². The molecule has 1 saturated heterocycles. The van der Waals surface area contributed by atoms with Crippen LogP contribution >= 0.6 is 0 Å². The van der Waals surface area contributed by atoms with Gasteiger partial charge in [-0.2, -0.15) is 17.6 Å². The van der Waals surface area contributed by atoms with Gasteiger partial charge in [0.25, 0.3) is 0 Å². The van der Waals surface area contributed by atoms with Gasteiger partial charge in [-0.15, -0.1) is 0 Å². The van der Waals surface area contributed by atoms with E-state index in [1.165, 1.54) is 22.9 Å². The number of rotatable bonds is 4. The Kier molecular flexibility index (Phi) is 5.34. The van der Waals surface area contributed by atoms with Crippen LogP contribution in [0.5, 0.6) is 0 Å². The van der Waals surface area contributed by atoms with Crippen LogP contribution in [-0.4, -0.2) is 40.4 Å². The van der Waals surface area contributed by atoms with E-state index in [-0.39, 0.29) is 31.3 Å². The molecule has 144 valence electrons. The fraction of sp³-hybridized carbons (Fsp3) is 0.368. The topological polar surface area (TPSA) is 42.3 Å². The van der Waals surface area contributed by atoms with Crippen molar-refractivity contribution in [2.75, 3.05) is 13.1 Å². The van der Waals surface area contributed by atoms with Crippen molar-refractivity contribution in [2.24, 2.45) is 0 Å². The molecule has 1 amide bonds. The van der Waals surface area contributed by atoms with Gasteiger partial charge in [-0.05, 0) is 36.5 Å². The minimum absolute atomic E-state index is 0.0355. The van der Waals surface area contributed by atoms with Crippen LogP contribution in [0.15, 0.2) is 42.6 Å². The Morgan fingerprint density at radius 3 is 2.19 bits per heavy atom. The average molecular weight is 382 g/mol. The summed E-state index contributed by atoms with van der Waals surface area (Å²) in [5, 5.41) is 0. The first-order valence-corrected chi connectivity index (χ1v) is 8.55. The van der Waals surface area contributed by atoms with Gasteiger partial charge in [0.15, 0.2) is 11.7 Å². The minimum Gasteiger partial charge on any atom is -0.335 e. The van der Waals surface area contributed by atoms with Crippen LogP contribution in [0.3, 0.4) is 0 Å². The molecule has 1 aromatic carbocycles. The van der Waals surface area contributed by atoms with Crippen LogP contribution in [-0.2, 0) is 11.3 Å². The molecule has 0 unspecified atom stereocenters. The van der Waals surface area contributed by atoms with Gasteiger partial charge in [0, 0.05) is 24.8 Å². The van der Waals surface area contributed by atoms with Gasteiger partial charge in [-0.25, -0.2) is 0 Å². The van der Waals surface area contributed by atoms with E-state index in [0.29, 0.717) is 18.4 Å². The number of aromatic nitrogens is 1. The molecule has 0 atom stereocenters. The molecular formula is C19H18F4N2O2. The second kappa shape index (κ2) is 7.54. The lowest BCUT2D eigenvalue weighted by atomic mass is 9.88.